The van der Waals surface area contributed by atoms with Gasteiger partial charge in [-0.25, -0.2) is 0 Å². The Labute approximate surface area is 144 Å². The second-order valence-corrected chi connectivity index (χ2v) is 6.60. The largest absolute Gasteiger partial charge is 0.493 e. The van der Waals surface area contributed by atoms with Crippen molar-refractivity contribution in [3.8, 4) is 17.2 Å². The van der Waals surface area contributed by atoms with Gasteiger partial charge in [-0.15, -0.1) is 0 Å². The number of ether oxygens (including phenoxy) is 3. The van der Waals surface area contributed by atoms with E-state index in [4.69, 9.17) is 14.2 Å². The Hall–Kier alpha value is -2.04. The molecule has 5 heteroatoms. The van der Waals surface area contributed by atoms with Crippen LogP contribution in [0.1, 0.15) is 53.4 Å². The minimum atomic E-state index is -0.368. The van der Waals surface area contributed by atoms with Gasteiger partial charge in [0.1, 0.15) is 0 Å². The Balaban J connectivity index is 2.84. The molecular weight excluding hydrogens is 308 g/mol. The fourth-order valence-corrected chi connectivity index (χ4v) is 1.99. The molecule has 0 fully saturated rings. The molecule has 0 N–H and O–H groups in total. The predicted molar refractivity (Wildman–Crippen MR) is 92.4 cm³/mol. The number of benzene rings is 1. The van der Waals surface area contributed by atoms with E-state index in [0.717, 1.165) is 12.8 Å². The molecule has 0 aliphatic carbocycles. The summed E-state index contributed by atoms with van der Waals surface area (Å²) >= 11 is 0. The zero-order chi connectivity index (χ0) is 18.1. The van der Waals surface area contributed by atoms with Gasteiger partial charge in [-0.3, -0.25) is 9.59 Å². The molecule has 1 aromatic carbocycles. The van der Waals surface area contributed by atoms with Crippen molar-refractivity contribution in [1.82, 2.24) is 0 Å². The monoisotopic (exact) mass is 336 g/mol. The van der Waals surface area contributed by atoms with Crippen LogP contribution in [0.15, 0.2) is 18.2 Å². The number of rotatable bonds is 9. The van der Waals surface area contributed by atoms with Gasteiger partial charge in [0.25, 0.3) is 0 Å². The third kappa shape index (κ3) is 7.02. The number of carbonyl (C=O) groups excluding carboxylic acids is 2. The topological polar surface area (TPSA) is 61.8 Å². The van der Waals surface area contributed by atoms with Crippen molar-refractivity contribution in [3.05, 3.63) is 18.2 Å². The first-order chi connectivity index (χ1) is 11.3. The van der Waals surface area contributed by atoms with E-state index in [-0.39, 0.29) is 23.4 Å². The number of para-hydroxylation sites is 1. The van der Waals surface area contributed by atoms with E-state index in [1.54, 1.807) is 18.2 Å². The molecule has 134 valence electrons. The number of methoxy groups -OCH3 is 1. The van der Waals surface area contributed by atoms with Crippen LogP contribution in [0.25, 0.3) is 0 Å². The highest BCUT2D eigenvalue weighted by molar-refractivity contribution is 5.77. The summed E-state index contributed by atoms with van der Waals surface area (Å²) < 4.78 is 16.0. The highest BCUT2D eigenvalue weighted by Gasteiger charge is 2.18. The van der Waals surface area contributed by atoms with Gasteiger partial charge in [0, 0.05) is 12.8 Å². The summed E-state index contributed by atoms with van der Waals surface area (Å²) in [6, 6.07) is 4.95. The third-order valence-corrected chi connectivity index (χ3v) is 3.45. The van der Waals surface area contributed by atoms with Gasteiger partial charge in [-0.1, -0.05) is 33.8 Å². The highest BCUT2D eigenvalue weighted by Crippen LogP contribution is 2.37. The summed E-state index contributed by atoms with van der Waals surface area (Å²) in [7, 11) is 1.48. The van der Waals surface area contributed by atoms with Gasteiger partial charge in [0.15, 0.2) is 11.5 Å². The molecule has 0 saturated carbocycles. The maximum Gasteiger partial charge on any atom is 0.311 e. The van der Waals surface area contributed by atoms with Crippen LogP contribution in [0.2, 0.25) is 0 Å². The molecule has 0 aliphatic rings. The molecule has 0 unspecified atom stereocenters. The molecule has 0 radical (unpaired) electrons. The van der Waals surface area contributed by atoms with Crippen molar-refractivity contribution >= 4 is 11.9 Å². The second-order valence-electron chi connectivity index (χ2n) is 6.60. The van der Waals surface area contributed by atoms with Crippen LogP contribution in [-0.2, 0) is 9.59 Å². The average molecular weight is 336 g/mol. The number of carbonyl (C=O) groups is 2. The molecule has 0 spiro atoms. The Morgan fingerprint density at radius 2 is 1.38 bits per heavy atom. The van der Waals surface area contributed by atoms with Gasteiger partial charge in [0.05, 0.1) is 7.11 Å². The van der Waals surface area contributed by atoms with E-state index in [1.807, 2.05) is 27.7 Å². The lowest BCUT2D eigenvalue weighted by Crippen LogP contribution is -2.13. The van der Waals surface area contributed by atoms with Crippen LogP contribution < -0.4 is 14.2 Å². The fourth-order valence-electron chi connectivity index (χ4n) is 1.99. The fraction of sp³-hybridized carbons (Fsp3) is 0.579. The average Bonchev–Trinajstić information content (AvgIpc) is 2.52. The summed E-state index contributed by atoms with van der Waals surface area (Å²) in [6.45, 7) is 8.16. The van der Waals surface area contributed by atoms with Gasteiger partial charge >= 0.3 is 11.9 Å². The number of hydrogen-bond donors (Lipinski definition) is 0. The Morgan fingerprint density at radius 1 is 0.875 bits per heavy atom. The molecule has 0 heterocycles. The van der Waals surface area contributed by atoms with E-state index >= 15 is 0 Å². The SMILES string of the molecule is COc1cccc(OC(=O)CCC(C)C)c1OC(=O)CCC(C)C. The van der Waals surface area contributed by atoms with E-state index in [1.165, 1.54) is 7.11 Å². The van der Waals surface area contributed by atoms with Crippen molar-refractivity contribution in [1.29, 1.82) is 0 Å². The van der Waals surface area contributed by atoms with E-state index in [0.29, 0.717) is 30.4 Å². The maximum atomic E-state index is 12.0. The number of esters is 2. The van der Waals surface area contributed by atoms with Crippen molar-refractivity contribution in [2.45, 2.75) is 53.4 Å². The molecule has 0 saturated heterocycles. The van der Waals surface area contributed by atoms with Crippen LogP contribution in [0.4, 0.5) is 0 Å². The molecule has 0 bridgehead atoms. The third-order valence-electron chi connectivity index (χ3n) is 3.45. The lowest BCUT2D eigenvalue weighted by Gasteiger charge is -2.14. The Kier molecular flexibility index (Phi) is 8.30. The zero-order valence-corrected chi connectivity index (χ0v) is 15.3. The van der Waals surface area contributed by atoms with Crippen LogP contribution in [-0.4, -0.2) is 19.0 Å². The van der Waals surface area contributed by atoms with Crippen molar-refractivity contribution in [2.75, 3.05) is 7.11 Å². The molecule has 5 nitrogen and oxygen atoms in total. The maximum absolute atomic E-state index is 12.0. The Morgan fingerprint density at radius 3 is 1.88 bits per heavy atom. The minimum Gasteiger partial charge on any atom is -0.493 e. The summed E-state index contributed by atoms with van der Waals surface area (Å²) in [5, 5.41) is 0. The summed E-state index contributed by atoms with van der Waals surface area (Å²) in [5.74, 6) is 0.832. The second kappa shape index (κ2) is 9.96. The Bertz CT molecular complexity index is 549. The van der Waals surface area contributed by atoms with E-state index < -0.39 is 0 Å². The standard InChI is InChI=1S/C19H28O5/c1-13(2)9-11-17(20)23-16-8-6-7-15(22-5)19(16)24-18(21)12-10-14(3)4/h6-8,13-14H,9-12H2,1-5H3. The molecule has 0 aliphatic heterocycles. The predicted octanol–water partition coefficient (Wildman–Crippen LogP) is 4.38. The van der Waals surface area contributed by atoms with E-state index in [2.05, 4.69) is 0 Å². The van der Waals surface area contributed by atoms with Crippen molar-refractivity contribution < 1.29 is 23.8 Å². The first-order valence-corrected chi connectivity index (χ1v) is 8.41. The quantitative estimate of drug-likeness (QED) is 0.495. The molecule has 0 amide bonds. The summed E-state index contributed by atoms with van der Waals surface area (Å²) in [4.78, 5) is 24.0. The first kappa shape index (κ1) is 20.0. The van der Waals surface area contributed by atoms with Crippen LogP contribution in [0, 0.1) is 11.8 Å². The first-order valence-electron chi connectivity index (χ1n) is 8.41. The number of hydrogen-bond acceptors (Lipinski definition) is 5. The lowest BCUT2D eigenvalue weighted by molar-refractivity contribution is -0.137. The molecule has 1 aromatic rings. The molecule has 0 atom stereocenters. The van der Waals surface area contributed by atoms with Gasteiger partial charge in [-0.05, 0) is 36.8 Å². The van der Waals surface area contributed by atoms with Crippen LogP contribution >= 0.6 is 0 Å². The molecular formula is C19H28O5. The van der Waals surface area contributed by atoms with Crippen LogP contribution in [0.3, 0.4) is 0 Å². The smallest absolute Gasteiger partial charge is 0.311 e. The van der Waals surface area contributed by atoms with Gasteiger partial charge in [-0.2, -0.15) is 0 Å². The van der Waals surface area contributed by atoms with Gasteiger partial charge < -0.3 is 14.2 Å². The summed E-state index contributed by atoms with van der Waals surface area (Å²) in [6.07, 6.45) is 2.09. The summed E-state index contributed by atoms with van der Waals surface area (Å²) in [5.41, 5.74) is 0. The van der Waals surface area contributed by atoms with Crippen molar-refractivity contribution in [2.24, 2.45) is 11.8 Å². The zero-order valence-electron chi connectivity index (χ0n) is 15.3. The van der Waals surface area contributed by atoms with Crippen molar-refractivity contribution in [3.63, 3.8) is 0 Å². The molecule has 0 aromatic heterocycles. The molecule has 24 heavy (non-hydrogen) atoms. The molecule has 1 rings (SSSR count). The van der Waals surface area contributed by atoms with Crippen LogP contribution in [0.5, 0.6) is 17.2 Å². The lowest BCUT2D eigenvalue weighted by atomic mass is 10.1. The van der Waals surface area contributed by atoms with E-state index in [9.17, 15) is 9.59 Å². The van der Waals surface area contributed by atoms with Gasteiger partial charge in [0.2, 0.25) is 5.75 Å². The minimum absolute atomic E-state index is 0.159. The normalized spacial score (nSPS) is 10.8. The highest BCUT2D eigenvalue weighted by atomic mass is 16.6.